The molecule has 0 saturated carbocycles. The number of hydrogen-bond acceptors (Lipinski definition) is 3. The molecule has 0 amide bonds. The largest absolute Gasteiger partial charge is 0.492 e. The Hall–Kier alpha value is -1.29. The highest BCUT2D eigenvalue weighted by atomic mass is 19.1. The van der Waals surface area contributed by atoms with E-state index in [-0.39, 0.29) is 12.4 Å². The third-order valence-electron chi connectivity index (χ3n) is 2.89. The van der Waals surface area contributed by atoms with Crippen molar-refractivity contribution in [3.63, 3.8) is 0 Å². The van der Waals surface area contributed by atoms with Crippen molar-refractivity contribution in [2.75, 3.05) is 20.8 Å². The van der Waals surface area contributed by atoms with Gasteiger partial charge in [-0.05, 0) is 18.6 Å². The first kappa shape index (κ1) is 13.8. The molecule has 1 N–H and O–H groups in total. The van der Waals surface area contributed by atoms with E-state index in [1.54, 1.807) is 19.9 Å². The topological polar surface area (TPSA) is 38.7 Å². The quantitative estimate of drug-likeness (QED) is 0.881. The van der Waals surface area contributed by atoms with Crippen LogP contribution in [-0.4, -0.2) is 25.9 Å². The first-order valence-corrected chi connectivity index (χ1v) is 5.41. The van der Waals surface area contributed by atoms with Crippen molar-refractivity contribution in [1.82, 2.24) is 0 Å². The number of hydrogen-bond donors (Lipinski definition) is 1. The van der Waals surface area contributed by atoms with E-state index in [0.717, 1.165) is 5.56 Å². The summed E-state index contributed by atoms with van der Waals surface area (Å²) in [4.78, 5) is 0. The lowest BCUT2D eigenvalue weighted by atomic mass is 9.84. The van der Waals surface area contributed by atoms with Crippen LogP contribution in [-0.2, 0) is 5.41 Å². The number of aliphatic hydroxyl groups excluding tert-OH is 1. The maximum Gasteiger partial charge on any atom is 0.197 e. The molecule has 96 valence electrons. The minimum atomic E-state index is -0.658. The molecule has 4 heteroatoms. The van der Waals surface area contributed by atoms with Crippen molar-refractivity contribution in [3.8, 4) is 11.5 Å². The summed E-state index contributed by atoms with van der Waals surface area (Å²) in [5, 5.41) is 9.31. The summed E-state index contributed by atoms with van der Waals surface area (Å²) < 4.78 is 24.4. The van der Waals surface area contributed by atoms with Crippen molar-refractivity contribution < 1.29 is 19.0 Å². The number of halogens is 1. The van der Waals surface area contributed by atoms with Crippen LogP contribution in [0.5, 0.6) is 11.5 Å². The lowest BCUT2D eigenvalue weighted by Gasteiger charge is -2.25. The monoisotopic (exact) mass is 242 g/mol. The fourth-order valence-corrected chi connectivity index (χ4v) is 1.76. The molecule has 0 unspecified atom stereocenters. The number of methoxy groups -OCH3 is 2. The molecule has 0 aliphatic rings. The van der Waals surface area contributed by atoms with E-state index >= 15 is 0 Å². The molecule has 1 rings (SSSR count). The lowest BCUT2D eigenvalue weighted by Crippen LogP contribution is -2.24. The minimum Gasteiger partial charge on any atom is -0.492 e. The highest BCUT2D eigenvalue weighted by Crippen LogP contribution is 2.39. The number of ether oxygens (including phenoxy) is 2. The Kier molecular flexibility index (Phi) is 3.98. The molecule has 0 aliphatic heterocycles. The number of benzene rings is 1. The third kappa shape index (κ3) is 2.36. The van der Waals surface area contributed by atoms with Crippen LogP contribution in [0.4, 0.5) is 4.39 Å². The lowest BCUT2D eigenvalue weighted by molar-refractivity contribution is 0.213. The van der Waals surface area contributed by atoms with Crippen LogP contribution in [0.2, 0.25) is 0 Å². The number of aryl methyl sites for hydroxylation is 1. The summed E-state index contributed by atoms with van der Waals surface area (Å²) in [7, 11) is 2.87. The molecule has 0 radical (unpaired) electrons. The van der Waals surface area contributed by atoms with E-state index in [2.05, 4.69) is 0 Å². The Morgan fingerprint density at radius 3 is 2.18 bits per heavy atom. The Morgan fingerprint density at radius 1 is 1.24 bits per heavy atom. The predicted molar refractivity (Wildman–Crippen MR) is 64.4 cm³/mol. The zero-order valence-electron chi connectivity index (χ0n) is 10.9. The van der Waals surface area contributed by atoms with E-state index in [1.807, 2.05) is 6.92 Å². The highest BCUT2D eigenvalue weighted by molar-refractivity contribution is 5.51. The van der Waals surface area contributed by atoms with Crippen LogP contribution in [0.3, 0.4) is 0 Å². The molecule has 17 heavy (non-hydrogen) atoms. The first-order valence-electron chi connectivity index (χ1n) is 5.41. The van der Waals surface area contributed by atoms with Gasteiger partial charge < -0.3 is 14.6 Å². The van der Waals surface area contributed by atoms with Crippen LogP contribution < -0.4 is 9.47 Å². The summed E-state index contributed by atoms with van der Waals surface area (Å²) in [6.07, 6.45) is 0. The summed E-state index contributed by atoms with van der Waals surface area (Å²) in [6.45, 7) is 5.23. The van der Waals surface area contributed by atoms with Crippen LogP contribution in [0.1, 0.15) is 25.0 Å². The van der Waals surface area contributed by atoms with E-state index < -0.39 is 11.2 Å². The number of rotatable bonds is 4. The van der Waals surface area contributed by atoms with Crippen LogP contribution in [0.15, 0.2) is 6.07 Å². The van der Waals surface area contributed by atoms with Gasteiger partial charge in [0.05, 0.1) is 20.8 Å². The molecule has 1 aromatic carbocycles. The Balaban J connectivity index is 3.51. The van der Waals surface area contributed by atoms with E-state index in [1.165, 1.54) is 14.2 Å². The highest BCUT2D eigenvalue weighted by Gasteiger charge is 2.28. The average Bonchev–Trinajstić information content (AvgIpc) is 2.30. The maximum absolute atomic E-state index is 14.3. The summed E-state index contributed by atoms with van der Waals surface area (Å²) in [5.41, 5.74) is 0.548. The Bertz CT molecular complexity index is 414. The van der Waals surface area contributed by atoms with Crippen molar-refractivity contribution in [3.05, 3.63) is 23.0 Å². The molecule has 0 atom stereocenters. The fraction of sp³-hybridized carbons (Fsp3) is 0.538. The van der Waals surface area contributed by atoms with Gasteiger partial charge in [0, 0.05) is 11.0 Å². The van der Waals surface area contributed by atoms with Gasteiger partial charge in [-0.25, -0.2) is 4.39 Å². The molecule has 0 fully saturated rings. The second kappa shape index (κ2) is 4.92. The normalized spacial score (nSPS) is 11.5. The van der Waals surface area contributed by atoms with E-state index in [9.17, 15) is 9.50 Å². The third-order valence-corrected chi connectivity index (χ3v) is 2.89. The summed E-state index contributed by atoms with van der Waals surface area (Å²) >= 11 is 0. The van der Waals surface area contributed by atoms with Gasteiger partial charge in [-0.1, -0.05) is 13.8 Å². The molecular formula is C13H19FO3. The predicted octanol–water partition coefficient (Wildman–Crippen LogP) is 2.42. The summed E-state index contributed by atoms with van der Waals surface area (Å²) in [6, 6.07) is 1.69. The minimum absolute atomic E-state index is 0.0871. The van der Waals surface area contributed by atoms with Crippen LogP contribution in [0.25, 0.3) is 0 Å². The fourth-order valence-electron chi connectivity index (χ4n) is 1.76. The number of aliphatic hydroxyl groups is 1. The second-order valence-corrected chi connectivity index (χ2v) is 4.66. The molecule has 0 bridgehead atoms. The molecule has 1 aromatic rings. The van der Waals surface area contributed by atoms with E-state index in [4.69, 9.17) is 9.47 Å². The molecule has 0 heterocycles. The molecule has 0 aliphatic carbocycles. The van der Waals surface area contributed by atoms with Gasteiger partial charge in [-0.3, -0.25) is 0 Å². The Morgan fingerprint density at radius 2 is 1.76 bits per heavy atom. The van der Waals surface area contributed by atoms with Crippen molar-refractivity contribution >= 4 is 0 Å². The second-order valence-electron chi connectivity index (χ2n) is 4.66. The van der Waals surface area contributed by atoms with Gasteiger partial charge in [0.2, 0.25) is 0 Å². The average molecular weight is 242 g/mol. The molecule has 0 saturated heterocycles. The summed E-state index contributed by atoms with van der Waals surface area (Å²) in [5.74, 6) is 0.000477. The Labute approximate surface area is 101 Å². The molecule has 3 nitrogen and oxygen atoms in total. The van der Waals surface area contributed by atoms with Crippen molar-refractivity contribution in [1.29, 1.82) is 0 Å². The maximum atomic E-state index is 14.3. The van der Waals surface area contributed by atoms with Crippen LogP contribution >= 0.6 is 0 Å². The van der Waals surface area contributed by atoms with Crippen LogP contribution in [0, 0.1) is 12.7 Å². The van der Waals surface area contributed by atoms with Crippen molar-refractivity contribution in [2.24, 2.45) is 0 Å². The standard InChI is InChI=1S/C13H19FO3/c1-8-6-9(13(2,3)7-15)10(14)12(17-5)11(8)16-4/h6,15H,7H2,1-5H3. The molecule has 0 aromatic heterocycles. The van der Waals surface area contributed by atoms with Gasteiger partial charge >= 0.3 is 0 Å². The molecule has 0 spiro atoms. The molecular weight excluding hydrogens is 223 g/mol. The smallest absolute Gasteiger partial charge is 0.197 e. The van der Waals surface area contributed by atoms with Gasteiger partial charge in [0.15, 0.2) is 17.3 Å². The zero-order valence-corrected chi connectivity index (χ0v) is 10.9. The van der Waals surface area contributed by atoms with Crippen molar-refractivity contribution in [2.45, 2.75) is 26.2 Å². The van der Waals surface area contributed by atoms with Gasteiger partial charge in [0.1, 0.15) is 0 Å². The van der Waals surface area contributed by atoms with E-state index in [0.29, 0.717) is 11.3 Å². The van der Waals surface area contributed by atoms with Gasteiger partial charge in [-0.15, -0.1) is 0 Å². The SMILES string of the molecule is COc1c(C)cc(C(C)(C)CO)c(F)c1OC. The first-order chi connectivity index (χ1) is 7.88. The van der Waals surface area contributed by atoms with Gasteiger partial charge in [-0.2, -0.15) is 0 Å². The zero-order chi connectivity index (χ0) is 13.2. The van der Waals surface area contributed by atoms with Gasteiger partial charge in [0.25, 0.3) is 0 Å².